The Morgan fingerprint density at radius 3 is 2.45 bits per heavy atom. The summed E-state index contributed by atoms with van der Waals surface area (Å²) in [5.41, 5.74) is 2.35. The fraction of sp³-hybridized carbons (Fsp3) is 0.400. The third-order valence-corrected chi connectivity index (χ3v) is 2.51. The van der Waals surface area contributed by atoms with Crippen LogP contribution in [0, 0.1) is 0 Å². The van der Waals surface area contributed by atoms with Gasteiger partial charge in [0.15, 0.2) is 5.96 Å². The van der Waals surface area contributed by atoms with Crippen LogP contribution in [0.25, 0.3) is 0 Å². The number of hydrogen-bond donors (Lipinski definition) is 2. The predicted octanol–water partition coefficient (Wildman–Crippen LogP) is 2.69. The summed E-state index contributed by atoms with van der Waals surface area (Å²) in [6, 6.07) is 8.29. The second-order valence-electron chi connectivity index (χ2n) is 4.11. The Morgan fingerprint density at radius 1 is 1.25 bits per heavy atom. The summed E-state index contributed by atoms with van der Waals surface area (Å²) in [7, 11) is 1.70. The smallest absolute Gasteiger partial charge is 0.191 e. The predicted molar refractivity (Wildman–Crippen MR) is 95.6 cm³/mol. The Balaban J connectivity index is 0.00000361. The molecular weight excluding hydrogens is 365 g/mol. The van der Waals surface area contributed by atoms with Gasteiger partial charge in [0.2, 0.25) is 0 Å². The van der Waals surface area contributed by atoms with Gasteiger partial charge in [0, 0.05) is 20.2 Å². The maximum Gasteiger partial charge on any atom is 0.191 e. The summed E-state index contributed by atoms with van der Waals surface area (Å²) in [6.07, 6.45) is 1.81. The van der Waals surface area contributed by atoms with Crippen LogP contribution >= 0.6 is 24.0 Å². The molecule has 20 heavy (non-hydrogen) atoms. The molecule has 0 saturated carbocycles. The molecule has 1 rings (SSSR count). The van der Waals surface area contributed by atoms with E-state index in [2.05, 4.69) is 46.5 Å². The van der Waals surface area contributed by atoms with Crippen LogP contribution in [0.4, 0.5) is 0 Å². The summed E-state index contributed by atoms with van der Waals surface area (Å²) >= 11 is 0. The molecule has 0 bridgehead atoms. The number of nitrogens with zero attached hydrogens (tertiary/aromatic N) is 1. The summed E-state index contributed by atoms with van der Waals surface area (Å²) in [4.78, 5) is 4.51. The van der Waals surface area contributed by atoms with Gasteiger partial charge in [-0.2, -0.15) is 0 Å². The van der Waals surface area contributed by atoms with Gasteiger partial charge in [0.1, 0.15) is 0 Å². The van der Waals surface area contributed by atoms with Gasteiger partial charge in [-0.05, 0) is 18.1 Å². The van der Waals surface area contributed by atoms with Crippen molar-refractivity contribution in [2.24, 2.45) is 4.99 Å². The van der Waals surface area contributed by atoms with Gasteiger partial charge in [-0.15, -0.1) is 30.6 Å². The van der Waals surface area contributed by atoms with Crippen molar-refractivity contribution in [1.82, 2.24) is 10.6 Å². The minimum absolute atomic E-state index is 0. The first kappa shape index (κ1) is 18.9. The highest BCUT2D eigenvalue weighted by atomic mass is 127. The van der Waals surface area contributed by atoms with Gasteiger partial charge in [0.05, 0.1) is 13.2 Å². The van der Waals surface area contributed by atoms with Crippen LogP contribution in [0.3, 0.4) is 0 Å². The first-order valence-corrected chi connectivity index (χ1v) is 6.50. The van der Waals surface area contributed by atoms with Crippen LogP contribution in [0.5, 0.6) is 0 Å². The SMILES string of the molecule is C=CCNC(=NCc1ccc(COC)cc1)NCC.I. The molecule has 0 atom stereocenters. The number of aliphatic imine (C=N–C) groups is 1. The highest BCUT2D eigenvalue weighted by molar-refractivity contribution is 14.0. The lowest BCUT2D eigenvalue weighted by Gasteiger charge is -2.09. The van der Waals surface area contributed by atoms with Crippen LogP contribution in [0.1, 0.15) is 18.1 Å². The largest absolute Gasteiger partial charge is 0.380 e. The van der Waals surface area contributed by atoms with Crippen LogP contribution in [-0.4, -0.2) is 26.2 Å². The van der Waals surface area contributed by atoms with Crippen molar-refractivity contribution in [3.63, 3.8) is 0 Å². The van der Waals surface area contributed by atoms with Gasteiger partial charge in [-0.1, -0.05) is 30.3 Å². The Morgan fingerprint density at radius 2 is 1.90 bits per heavy atom. The molecule has 4 nitrogen and oxygen atoms in total. The van der Waals surface area contributed by atoms with Gasteiger partial charge in [-0.3, -0.25) is 0 Å². The number of hydrogen-bond acceptors (Lipinski definition) is 2. The van der Waals surface area contributed by atoms with Crippen LogP contribution in [0.2, 0.25) is 0 Å². The molecule has 0 heterocycles. The Bertz CT molecular complexity index is 404. The molecule has 0 saturated heterocycles. The second-order valence-corrected chi connectivity index (χ2v) is 4.11. The maximum absolute atomic E-state index is 5.09. The first-order chi connectivity index (χ1) is 9.30. The molecule has 1 aromatic rings. The molecule has 1 aromatic carbocycles. The van der Waals surface area contributed by atoms with Crippen molar-refractivity contribution in [2.45, 2.75) is 20.1 Å². The average molecular weight is 389 g/mol. The van der Waals surface area contributed by atoms with Crippen molar-refractivity contribution < 1.29 is 4.74 Å². The summed E-state index contributed by atoms with van der Waals surface area (Å²) in [5, 5.41) is 6.36. The van der Waals surface area contributed by atoms with Crippen molar-refractivity contribution in [1.29, 1.82) is 0 Å². The van der Waals surface area contributed by atoms with E-state index in [1.807, 2.05) is 13.0 Å². The van der Waals surface area contributed by atoms with Crippen LogP contribution < -0.4 is 10.6 Å². The van der Waals surface area contributed by atoms with E-state index in [4.69, 9.17) is 4.74 Å². The Hall–Kier alpha value is -1.08. The molecule has 112 valence electrons. The minimum atomic E-state index is 0. The van der Waals surface area contributed by atoms with E-state index in [1.165, 1.54) is 11.1 Å². The molecule has 0 aliphatic heterocycles. The van der Waals surface area contributed by atoms with E-state index in [-0.39, 0.29) is 24.0 Å². The molecule has 0 aliphatic rings. The topological polar surface area (TPSA) is 45.7 Å². The molecular formula is C15H24IN3O. The van der Waals surface area contributed by atoms with E-state index < -0.39 is 0 Å². The van der Waals surface area contributed by atoms with Crippen LogP contribution in [-0.2, 0) is 17.9 Å². The lowest BCUT2D eigenvalue weighted by molar-refractivity contribution is 0.185. The minimum Gasteiger partial charge on any atom is -0.380 e. The Kier molecular flexibility index (Phi) is 11.1. The van der Waals surface area contributed by atoms with Crippen molar-refractivity contribution in [2.75, 3.05) is 20.2 Å². The molecule has 0 aromatic heterocycles. The van der Waals surface area contributed by atoms with Gasteiger partial charge < -0.3 is 15.4 Å². The van der Waals surface area contributed by atoms with Crippen molar-refractivity contribution in [3.05, 3.63) is 48.0 Å². The molecule has 5 heteroatoms. The number of guanidine groups is 1. The van der Waals surface area contributed by atoms with Crippen molar-refractivity contribution in [3.8, 4) is 0 Å². The molecule has 0 spiro atoms. The number of benzene rings is 1. The molecule has 0 radical (unpaired) electrons. The fourth-order valence-corrected chi connectivity index (χ4v) is 1.59. The standard InChI is InChI=1S/C15H23N3O.HI/c1-4-10-17-15(16-5-2)18-11-13-6-8-14(9-7-13)12-19-3;/h4,6-9H,1,5,10-12H2,2-3H3,(H2,16,17,18);1H. The third kappa shape index (κ3) is 7.49. The number of ether oxygens (including phenoxy) is 1. The lowest BCUT2D eigenvalue weighted by Crippen LogP contribution is -2.37. The highest BCUT2D eigenvalue weighted by Crippen LogP contribution is 2.06. The first-order valence-electron chi connectivity index (χ1n) is 6.50. The van der Waals surface area contributed by atoms with E-state index in [0.717, 1.165) is 12.5 Å². The van der Waals surface area contributed by atoms with Gasteiger partial charge in [-0.25, -0.2) is 4.99 Å². The zero-order valence-electron chi connectivity index (χ0n) is 12.2. The lowest BCUT2D eigenvalue weighted by atomic mass is 10.1. The molecule has 0 unspecified atom stereocenters. The second kappa shape index (κ2) is 11.7. The van der Waals surface area contributed by atoms with E-state index >= 15 is 0 Å². The maximum atomic E-state index is 5.09. The van der Waals surface area contributed by atoms with E-state index in [9.17, 15) is 0 Å². The van der Waals surface area contributed by atoms with Crippen molar-refractivity contribution >= 4 is 29.9 Å². The monoisotopic (exact) mass is 389 g/mol. The number of halogens is 1. The van der Waals surface area contributed by atoms with Gasteiger partial charge >= 0.3 is 0 Å². The van der Waals surface area contributed by atoms with E-state index in [0.29, 0.717) is 19.7 Å². The zero-order valence-corrected chi connectivity index (χ0v) is 14.5. The molecule has 0 fully saturated rings. The van der Waals surface area contributed by atoms with E-state index in [1.54, 1.807) is 7.11 Å². The zero-order chi connectivity index (χ0) is 13.9. The van der Waals surface area contributed by atoms with Gasteiger partial charge in [0.25, 0.3) is 0 Å². The summed E-state index contributed by atoms with van der Waals surface area (Å²) in [5.74, 6) is 0.809. The van der Waals surface area contributed by atoms with Crippen LogP contribution in [0.15, 0.2) is 41.9 Å². The fourth-order valence-electron chi connectivity index (χ4n) is 1.59. The molecule has 2 N–H and O–H groups in total. The number of rotatable bonds is 7. The molecule has 0 aliphatic carbocycles. The average Bonchev–Trinajstić information content (AvgIpc) is 2.44. The summed E-state index contributed by atoms with van der Waals surface area (Å²) in [6.45, 7) is 8.58. The molecule has 0 amide bonds. The number of nitrogens with one attached hydrogen (secondary N) is 2. The third-order valence-electron chi connectivity index (χ3n) is 2.51. The highest BCUT2D eigenvalue weighted by Gasteiger charge is 1.97. The Labute approximate surface area is 138 Å². The normalized spacial score (nSPS) is 10.6. The quantitative estimate of drug-likeness (QED) is 0.326. The number of methoxy groups -OCH3 is 1. The summed E-state index contributed by atoms with van der Waals surface area (Å²) < 4.78 is 5.09.